The number of hydrogen-bond acceptors (Lipinski definition) is 5. The molecule has 1 atom stereocenters. The zero-order valence-corrected chi connectivity index (χ0v) is 13.1. The lowest BCUT2D eigenvalue weighted by atomic mass is 10.0. The summed E-state index contributed by atoms with van der Waals surface area (Å²) in [7, 11) is -2.83. The van der Waals surface area contributed by atoms with Crippen LogP contribution < -0.4 is 4.74 Å². The standard InChI is InChI=1S/C15H19N3O3S/c19-22(20)7-1-2-12(11-22)5-6-21-14-3-4-15(16-10-14)13-8-17-18-9-13/h3-4,8-10,12H,1-2,5-7,11H2,(H,17,18). The van der Waals surface area contributed by atoms with Crippen LogP contribution in [0.1, 0.15) is 19.3 Å². The molecule has 2 aromatic rings. The zero-order valence-electron chi connectivity index (χ0n) is 12.2. The fourth-order valence-corrected chi connectivity index (χ4v) is 4.54. The molecule has 1 fully saturated rings. The molecule has 3 heterocycles. The normalized spacial score (nSPS) is 20.6. The lowest BCUT2D eigenvalue weighted by molar-refractivity contribution is 0.276. The summed E-state index contributed by atoms with van der Waals surface area (Å²) < 4.78 is 28.8. The predicted octanol–water partition coefficient (Wildman–Crippen LogP) is 2.07. The molecule has 1 N–H and O–H groups in total. The number of sulfone groups is 1. The highest BCUT2D eigenvalue weighted by molar-refractivity contribution is 7.91. The van der Waals surface area contributed by atoms with Crippen molar-refractivity contribution in [2.24, 2.45) is 5.92 Å². The highest BCUT2D eigenvalue weighted by atomic mass is 32.2. The van der Waals surface area contributed by atoms with Crippen molar-refractivity contribution >= 4 is 9.84 Å². The van der Waals surface area contributed by atoms with Gasteiger partial charge in [0, 0.05) is 11.8 Å². The number of aromatic nitrogens is 3. The van der Waals surface area contributed by atoms with Gasteiger partial charge in [-0.15, -0.1) is 0 Å². The van der Waals surface area contributed by atoms with Gasteiger partial charge in [-0.3, -0.25) is 10.1 Å². The van der Waals surface area contributed by atoms with E-state index in [1.54, 1.807) is 18.6 Å². The van der Waals surface area contributed by atoms with Crippen molar-refractivity contribution in [2.75, 3.05) is 18.1 Å². The van der Waals surface area contributed by atoms with E-state index < -0.39 is 9.84 Å². The molecule has 3 rings (SSSR count). The molecule has 1 aliphatic rings. The maximum atomic E-state index is 11.6. The lowest BCUT2D eigenvalue weighted by Crippen LogP contribution is -2.26. The lowest BCUT2D eigenvalue weighted by Gasteiger charge is -2.21. The van der Waals surface area contributed by atoms with Gasteiger partial charge in [0.1, 0.15) is 5.75 Å². The van der Waals surface area contributed by atoms with Gasteiger partial charge < -0.3 is 4.74 Å². The Labute approximate surface area is 129 Å². The van der Waals surface area contributed by atoms with Crippen LogP contribution in [0.15, 0.2) is 30.7 Å². The van der Waals surface area contributed by atoms with Crippen molar-refractivity contribution in [2.45, 2.75) is 19.3 Å². The van der Waals surface area contributed by atoms with Gasteiger partial charge in [-0.2, -0.15) is 5.10 Å². The van der Waals surface area contributed by atoms with Gasteiger partial charge >= 0.3 is 0 Å². The number of pyridine rings is 1. The number of H-pyrrole nitrogens is 1. The van der Waals surface area contributed by atoms with Crippen LogP contribution in [0.2, 0.25) is 0 Å². The van der Waals surface area contributed by atoms with Crippen molar-refractivity contribution in [3.63, 3.8) is 0 Å². The topological polar surface area (TPSA) is 84.9 Å². The fourth-order valence-electron chi connectivity index (χ4n) is 2.72. The first-order valence-electron chi connectivity index (χ1n) is 7.41. The summed E-state index contributed by atoms with van der Waals surface area (Å²) in [6, 6.07) is 3.75. The number of hydrogen-bond donors (Lipinski definition) is 1. The van der Waals surface area contributed by atoms with Crippen LogP contribution in [-0.2, 0) is 9.84 Å². The SMILES string of the molecule is O=S1(=O)CCCC(CCOc2ccc(-c3cn[nH]c3)nc2)C1. The second-order valence-corrected chi connectivity index (χ2v) is 7.85. The Bertz CT molecular complexity index is 696. The third-order valence-electron chi connectivity index (χ3n) is 3.88. The van der Waals surface area contributed by atoms with E-state index in [1.165, 1.54) is 0 Å². The van der Waals surface area contributed by atoms with Crippen LogP contribution in [-0.4, -0.2) is 41.7 Å². The molecule has 1 aliphatic heterocycles. The summed E-state index contributed by atoms with van der Waals surface area (Å²) in [5, 5.41) is 6.64. The van der Waals surface area contributed by atoms with Gasteiger partial charge in [0.25, 0.3) is 0 Å². The van der Waals surface area contributed by atoms with Crippen LogP contribution in [0.25, 0.3) is 11.3 Å². The first-order chi connectivity index (χ1) is 10.6. The molecule has 0 saturated carbocycles. The van der Waals surface area contributed by atoms with Crippen molar-refractivity contribution in [1.29, 1.82) is 0 Å². The van der Waals surface area contributed by atoms with Gasteiger partial charge in [0.2, 0.25) is 0 Å². The van der Waals surface area contributed by atoms with E-state index >= 15 is 0 Å². The molecule has 0 aliphatic carbocycles. The maximum absolute atomic E-state index is 11.6. The molecule has 2 aromatic heterocycles. The second kappa shape index (κ2) is 6.48. The van der Waals surface area contributed by atoms with Crippen LogP contribution in [0.3, 0.4) is 0 Å². The molecule has 0 bridgehead atoms. The third-order valence-corrected chi connectivity index (χ3v) is 5.77. The Morgan fingerprint density at radius 2 is 2.23 bits per heavy atom. The van der Waals surface area contributed by atoms with E-state index in [2.05, 4.69) is 15.2 Å². The molecule has 118 valence electrons. The van der Waals surface area contributed by atoms with Crippen LogP contribution in [0, 0.1) is 5.92 Å². The highest BCUT2D eigenvalue weighted by Crippen LogP contribution is 2.22. The molecule has 0 spiro atoms. The monoisotopic (exact) mass is 321 g/mol. The molecule has 22 heavy (non-hydrogen) atoms. The van der Waals surface area contributed by atoms with E-state index in [9.17, 15) is 8.42 Å². The first kappa shape index (κ1) is 15.0. The Balaban J connectivity index is 1.50. The van der Waals surface area contributed by atoms with Gasteiger partial charge in [-0.1, -0.05) is 0 Å². The average molecular weight is 321 g/mol. The minimum Gasteiger partial charge on any atom is -0.492 e. The molecular formula is C15H19N3O3S. The summed E-state index contributed by atoms with van der Waals surface area (Å²) in [5.74, 6) is 1.56. The first-order valence-corrected chi connectivity index (χ1v) is 9.23. The molecule has 7 heteroatoms. The molecular weight excluding hydrogens is 302 g/mol. The molecule has 6 nitrogen and oxygen atoms in total. The van der Waals surface area contributed by atoms with Crippen LogP contribution >= 0.6 is 0 Å². The van der Waals surface area contributed by atoms with Crippen molar-refractivity contribution < 1.29 is 13.2 Å². The average Bonchev–Trinajstić information content (AvgIpc) is 3.01. The molecule has 1 saturated heterocycles. The Kier molecular flexibility index (Phi) is 4.42. The second-order valence-electron chi connectivity index (χ2n) is 5.63. The van der Waals surface area contributed by atoms with Crippen molar-refractivity contribution in [3.05, 3.63) is 30.7 Å². The summed E-state index contributed by atoms with van der Waals surface area (Å²) in [5.41, 5.74) is 1.76. The molecule has 0 amide bonds. The predicted molar refractivity (Wildman–Crippen MR) is 83.3 cm³/mol. The zero-order chi connectivity index (χ0) is 15.4. The Morgan fingerprint density at radius 1 is 1.32 bits per heavy atom. The summed E-state index contributed by atoms with van der Waals surface area (Å²) in [6.45, 7) is 0.521. The summed E-state index contributed by atoms with van der Waals surface area (Å²) >= 11 is 0. The van der Waals surface area contributed by atoms with Crippen molar-refractivity contribution in [1.82, 2.24) is 15.2 Å². The van der Waals surface area contributed by atoms with Gasteiger partial charge in [-0.05, 0) is 37.3 Å². The van der Waals surface area contributed by atoms with E-state index in [1.807, 2.05) is 12.1 Å². The van der Waals surface area contributed by atoms with Crippen LogP contribution in [0.5, 0.6) is 5.75 Å². The smallest absolute Gasteiger partial charge is 0.150 e. The quantitative estimate of drug-likeness (QED) is 0.911. The number of nitrogens with one attached hydrogen (secondary N) is 1. The molecule has 0 aromatic carbocycles. The van der Waals surface area contributed by atoms with Gasteiger partial charge in [0.15, 0.2) is 9.84 Å². The van der Waals surface area contributed by atoms with Crippen LogP contribution in [0.4, 0.5) is 0 Å². The maximum Gasteiger partial charge on any atom is 0.150 e. The van der Waals surface area contributed by atoms with E-state index in [0.717, 1.165) is 30.5 Å². The number of ether oxygens (including phenoxy) is 1. The fraction of sp³-hybridized carbons (Fsp3) is 0.467. The Hall–Kier alpha value is -1.89. The number of aromatic amines is 1. The van der Waals surface area contributed by atoms with Gasteiger partial charge in [0.05, 0.1) is 36.2 Å². The van der Waals surface area contributed by atoms with E-state index in [0.29, 0.717) is 23.9 Å². The minimum atomic E-state index is -2.83. The summed E-state index contributed by atoms with van der Waals surface area (Å²) in [6.07, 6.45) is 7.69. The number of rotatable bonds is 5. The van der Waals surface area contributed by atoms with E-state index in [4.69, 9.17) is 4.74 Å². The Morgan fingerprint density at radius 3 is 2.91 bits per heavy atom. The van der Waals surface area contributed by atoms with E-state index in [-0.39, 0.29) is 5.92 Å². The molecule has 1 unspecified atom stereocenters. The largest absolute Gasteiger partial charge is 0.492 e. The minimum absolute atomic E-state index is 0.219. The number of nitrogens with zero attached hydrogens (tertiary/aromatic N) is 2. The summed E-state index contributed by atoms with van der Waals surface area (Å²) in [4.78, 5) is 4.33. The van der Waals surface area contributed by atoms with Crippen molar-refractivity contribution in [3.8, 4) is 17.0 Å². The highest BCUT2D eigenvalue weighted by Gasteiger charge is 2.24. The molecule has 0 radical (unpaired) electrons. The third kappa shape index (κ3) is 3.85. The van der Waals surface area contributed by atoms with Gasteiger partial charge in [-0.25, -0.2) is 8.42 Å².